The van der Waals surface area contributed by atoms with Gasteiger partial charge in [-0.05, 0) is 91.9 Å². The first kappa shape index (κ1) is 31.5. The molecule has 9 heteroatoms. The van der Waals surface area contributed by atoms with Gasteiger partial charge in [0, 0.05) is 37.1 Å². The normalized spacial score (nSPS) is 13.2. The Morgan fingerprint density at radius 1 is 0.956 bits per heavy atom. The van der Waals surface area contributed by atoms with Gasteiger partial charge in [0.1, 0.15) is 11.5 Å². The van der Waals surface area contributed by atoms with Crippen LogP contribution in [0.3, 0.4) is 0 Å². The minimum absolute atomic E-state index is 0.133. The number of nitrogens with zero attached hydrogens (tertiary/aromatic N) is 3. The lowest BCUT2D eigenvalue weighted by atomic mass is 10.0. The number of rotatable bonds is 10. The van der Waals surface area contributed by atoms with Crippen LogP contribution in [0.4, 0.5) is 16.2 Å². The molecule has 9 nitrogen and oxygen atoms in total. The maximum absolute atomic E-state index is 13.4. The number of hydrogen-bond donors (Lipinski definition) is 1. The summed E-state index contributed by atoms with van der Waals surface area (Å²) in [4.78, 5) is 31.6. The highest BCUT2D eigenvalue weighted by molar-refractivity contribution is 5.84. The second-order valence-corrected chi connectivity index (χ2v) is 11.2. The highest BCUT2D eigenvalue weighted by atomic mass is 16.5. The molecule has 45 heavy (non-hydrogen) atoms. The second-order valence-electron chi connectivity index (χ2n) is 11.2. The first-order valence-electron chi connectivity index (χ1n) is 15.1. The standard InChI is InChI=1S/C36H38N4O5/c1-25-9-10-29(26(2)21-25)24-40-33(22-27(3)34(37-4)35(40)41)28-11-13-31(14-12-28)45-32-8-5-7-30(23-32)38-36(42)44-18-6-15-39-16-19-43-20-17-39/h5,7-14,21-23H,6,15-20,24H2,1-3H3,(H,38,42). The number of pyridine rings is 1. The first-order chi connectivity index (χ1) is 21.8. The third-order valence-corrected chi connectivity index (χ3v) is 7.83. The van der Waals surface area contributed by atoms with E-state index in [-0.39, 0.29) is 11.2 Å². The predicted molar refractivity (Wildman–Crippen MR) is 176 cm³/mol. The summed E-state index contributed by atoms with van der Waals surface area (Å²) in [7, 11) is 0. The van der Waals surface area contributed by atoms with Crippen molar-refractivity contribution in [1.29, 1.82) is 0 Å². The Labute approximate surface area is 263 Å². The van der Waals surface area contributed by atoms with Crippen molar-refractivity contribution in [1.82, 2.24) is 9.47 Å². The Kier molecular flexibility index (Phi) is 10.3. The minimum Gasteiger partial charge on any atom is -0.457 e. The van der Waals surface area contributed by atoms with E-state index in [1.165, 1.54) is 0 Å². The zero-order valence-corrected chi connectivity index (χ0v) is 26.0. The highest BCUT2D eigenvalue weighted by Gasteiger charge is 2.16. The van der Waals surface area contributed by atoms with Gasteiger partial charge in [0.15, 0.2) is 0 Å². The lowest BCUT2D eigenvalue weighted by Crippen LogP contribution is -2.37. The molecule has 232 valence electrons. The van der Waals surface area contributed by atoms with Crippen molar-refractivity contribution in [3.05, 3.63) is 117 Å². The lowest BCUT2D eigenvalue weighted by Gasteiger charge is -2.26. The van der Waals surface area contributed by atoms with Crippen LogP contribution in [-0.4, -0.2) is 55.0 Å². The summed E-state index contributed by atoms with van der Waals surface area (Å²) in [5, 5.41) is 2.76. The van der Waals surface area contributed by atoms with E-state index in [0.717, 1.165) is 67.2 Å². The summed E-state index contributed by atoms with van der Waals surface area (Å²) in [5.41, 5.74) is 5.86. The number of anilines is 1. The summed E-state index contributed by atoms with van der Waals surface area (Å²) >= 11 is 0. The van der Waals surface area contributed by atoms with Crippen molar-refractivity contribution in [2.24, 2.45) is 0 Å². The van der Waals surface area contributed by atoms with Crippen LogP contribution in [0.15, 0.2) is 77.6 Å². The fourth-order valence-electron chi connectivity index (χ4n) is 5.38. The van der Waals surface area contributed by atoms with Crippen molar-refractivity contribution in [3.63, 3.8) is 0 Å². The topological polar surface area (TPSA) is 86.4 Å². The van der Waals surface area contributed by atoms with Crippen molar-refractivity contribution in [3.8, 4) is 22.8 Å². The van der Waals surface area contributed by atoms with Crippen molar-refractivity contribution in [2.45, 2.75) is 33.7 Å². The Morgan fingerprint density at radius 2 is 1.73 bits per heavy atom. The maximum atomic E-state index is 13.4. The first-order valence-corrected chi connectivity index (χ1v) is 15.1. The molecule has 0 atom stereocenters. The molecular weight excluding hydrogens is 568 g/mol. The third-order valence-electron chi connectivity index (χ3n) is 7.83. The molecule has 3 aromatic carbocycles. The molecule has 1 fully saturated rings. The molecule has 0 saturated carbocycles. The number of benzene rings is 3. The Balaban J connectivity index is 1.25. The number of carbonyl (C=O) groups is 1. The molecule has 0 aliphatic carbocycles. The van der Waals surface area contributed by atoms with Gasteiger partial charge in [-0.3, -0.25) is 15.0 Å². The van der Waals surface area contributed by atoms with E-state index < -0.39 is 6.09 Å². The monoisotopic (exact) mass is 606 g/mol. The van der Waals surface area contributed by atoms with Crippen LogP contribution in [-0.2, 0) is 16.0 Å². The lowest BCUT2D eigenvalue weighted by molar-refractivity contribution is 0.0348. The van der Waals surface area contributed by atoms with Gasteiger partial charge in [0.05, 0.1) is 32.9 Å². The molecule has 1 N–H and O–H groups in total. The number of ether oxygens (including phenoxy) is 3. The van der Waals surface area contributed by atoms with E-state index in [0.29, 0.717) is 35.9 Å². The van der Waals surface area contributed by atoms with Crippen molar-refractivity contribution in [2.75, 3.05) is 44.8 Å². The van der Waals surface area contributed by atoms with Crippen molar-refractivity contribution < 1.29 is 19.0 Å². The van der Waals surface area contributed by atoms with Gasteiger partial charge in [-0.25, -0.2) is 9.64 Å². The van der Waals surface area contributed by atoms with Gasteiger partial charge in [0.25, 0.3) is 11.2 Å². The molecule has 0 radical (unpaired) electrons. The average Bonchev–Trinajstić information content (AvgIpc) is 3.03. The van der Waals surface area contributed by atoms with E-state index in [1.54, 1.807) is 35.8 Å². The number of aryl methyl sites for hydroxylation is 3. The summed E-state index contributed by atoms with van der Waals surface area (Å²) in [5.74, 6) is 1.15. The molecule has 0 unspecified atom stereocenters. The summed E-state index contributed by atoms with van der Waals surface area (Å²) in [6.07, 6.45) is 0.252. The van der Waals surface area contributed by atoms with Crippen LogP contribution in [0, 0.1) is 27.3 Å². The molecule has 1 aliphatic heterocycles. The number of aromatic nitrogens is 1. The van der Waals surface area contributed by atoms with E-state index in [9.17, 15) is 9.59 Å². The molecule has 2 heterocycles. The van der Waals surface area contributed by atoms with E-state index in [2.05, 4.69) is 21.1 Å². The van der Waals surface area contributed by atoms with Crippen LogP contribution < -0.4 is 15.6 Å². The van der Waals surface area contributed by atoms with Crippen LogP contribution in [0.5, 0.6) is 11.5 Å². The number of nitrogens with one attached hydrogen (secondary N) is 1. The number of morpholine rings is 1. The molecule has 4 aromatic rings. The van der Waals surface area contributed by atoms with Gasteiger partial charge in [-0.15, -0.1) is 0 Å². The largest absolute Gasteiger partial charge is 0.457 e. The predicted octanol–water partition coefficient (Wildman–Crippen LogP) is 7.10. The molecular formula is C36H38N4O5. The maximum Gasteiger partial charge on any atom is 0.411 e. The molecule has 5 rings (SSSR count). The van der Waals surface area contributed by atoms with E-state index in [4.69, 9.17) is 20.8 Å². The zero-order chi connectivity index (χ0) is 31.8. The zero-order valence-electron chi connectivity index (χ0n) is 26.0. The minimum atomic E-state index is -0.509. The van der Waals surface area contributed by atoms with Gasteiger partial charge in [-0.2, -0.15) is 0 Å². The van der Waals surface area contributed by atoms with Crippen LogP contribution in [0.25, 0.3) is 16.1 Å². The van der Waals surface area contributed by atoms with Crippen LogP contribution in [0.2, 0.25) is 0 Å². The number of hydrogen-bond acceptors (Lipinski definition) is 6. The Morgan fingerprint density at radius 3 is 2.47 bits per heavy atom. The molecule has 1 aliphatic rings. The number of carbonyl (C=O) groups excluding carboxylic acids is 1. The summed E-state index contributed by atoms with van der Waals surface area (Å²) in [6, 6.07) is 22.6. The molecule has 0 bridgehead atoms. The summed E-state index contributed by atoms with van der Waals surface area (Å²) in [6.45, 7) is 18.3. The fourth-order valence-corrected chi connectivity index (χ4v) is 5.38. The molecule has 1 amide bonds. The third kappa shape index (κ3) is 8.18. The van der Waals surface area contributed by atoms with Gasteiger partial charge in [-0.1, -0.05) is 29.8 Å². The van der Waals surface area contributed by atoms with E-state index >= 15 is 0 Å². The smallest absolute Gasteiger partial charge is 0.411 e. The molecule has 0 spiro atoms. The van der Waals surface area contributed by atoms with E-state index in [1.807, 2.05) is 56.3 Å². The second kappa shape index (κ2) is 14.7. The van der Waals surface area contributed by atoms with Gasteiger partial charge in [0.2, 0.25) is 0 Å². The summed E-state index contributed by atoms with van der Waals surface area (Å²) < 4.78 is 18.5. The number of amides is 1. The van der Waals surface area contributed by atoms with Crippen LogP contribution in [0.1, 0.15) is 28.7 Å². The Hall–Kier alpha value is -4.91. The quantitative estimate of drug-likeness (QED) is 0.153. The molecule has 1 aromatic heterocycles. The average molecular weight is 607 g/mol. The van der Waals surface area contributed by atoms with Gasteiger partial charge >= 0.3 is 6.09 Å². The highest BCUT2D eigenvalue weighted by Crippen LogP contribution is 2.29. The van der Waals surface area contributed by atoms with Crippen LogP contribution >= 0.6 is 0 Å². The Bertz CT molecular complexity index is 1750. The SMILES string of the molecule is [C-]#[N+]c1c(C)cc(-c2ccc(Oc3cccc(NC(=O)OCCCN4CCOCC4)c3)cc2)n(Cc2ccc(C)cc2C)c1=O. The van der Waals surface area contributed by atoms with Crippen molar-refractivity contribution >= 4 is 17.5 Å². The fraction of sp³-hybridized carbons (Fsp3) is 0.306. The van der Waals surface area contributed by atoms with Gasteiger partial charge < -0.3 is 18.8 Å². The molecule has 1 saturated heterocycles.